The van der Waals surface area contributed by atoms with Gasteiger partial charge in [-0.2, -0.15) is 0 Å². The molecule has 0 aromatic carbocycles. The van der Waals surface area contributed by atoms with Crippen molar-refractivity contribution < 1.29 is 5.11 Å². The van der Waals surface area contributed by atoms with Crippen LogP contribution in [-0.2, 0) is 0 Å². The lowest BCUT2D eigenvalue weighted by molar-refractivity contribution is 0.227. The maximum atomic E-state index is 9.99. The Bertz CT molecular complexity index is 440. The number of hydrogen-bond acceptors (Lipinski definition) is 5. The van der Waals surface area contributed by atoms with Crippen molar-refractivity contribution >= 4 is 38.6 Å². The van der Waals surface area contributed by atoms with Crippen LogP contribution in [0.1, 0.15) is 20.9 Å². The Kier molecular flexibility index (Phi) is 2.96. The van der Waals surface area contributed by atoms with Gasteiger partial charge >= 0.3 is 0 Å². The fourth-order valence-corrected chi connectivity index (χ4v) is 3.32. The molecular weight excluding hydrogens is 284 g/mol. The van der Waals surface area contributed by atoms with E-state index in [1.807, 2.05) is 6.92 Å². The van der Waals surface area contributed by atoms with Gasteiger partial charge in [-0.3, -0.25) is 0 Å². The summed E-state index contributed by atoms with van der Waals surface area (Å²) in [6, 6.07) is 0. The van der Waals surface area contributed by atoms with Crippen LogP contribution in [-0.4, -0.2) is 15.1 Å². The molecule has 0 bridgehead atoms. The minimum Gasteiger partial charge on any atom is -0.382 e. The van der Waals surface area contributed by atoms with Crippen LogP contribution in [0.4, 0.5) is 0 Å². The van der Waals surface area contributed by atoms with Gasteiger partial charge in [-0.1, -0.05) is 0 Å². The van der Waals surface area contributed by atoms with Crippen molar-refractivity contribution in [1.82, 2.24) is 9.97 Å². The maximum absolute atomic E-state index is 9.99. The molecule has 2 aromatic rings. The number of aliphatic hydroxyl groups is 1. The molecule has 0 radical (unpaired) electrons. The smallest absolute Gasteiger partial charge is 0.127 e. The molecule has 0 fully saturated rings. The molecule has 0 saturated heterocycles. The highest BCUT2D eigenvalue weighted by Crippen LogP contribution is 2.33. The lowest BCUT2D eigenvalue weighted by atomic mass is 10.3. The maximum Gasteiger partial charge on any atom is 0.127 e. The molecule has 0 amide bonds. The van der Waals surface area contributed by atoms with Gasteiger partial charge in [0.1, 0.15) is 10.7 Å². The number of aromatic nitrogens is 2. The van der Waals surface area contributed by atoms with Gasteiger partial charge in [0.05, 0.1) is 20.3 Å². The van der Waals surface area contributed by atoms with E-state index in [4.69, 9.17) is 0 Å². The summed E-state index contributed by atoms with van der Waals surface area (Å²) in [6.07, 6.45) is 1.10. The standard InChI is InChI=1S/C8H7BrN2OS2/c1-4-10-2-5(14-4)6(12)7-8(9)11-3-13-7/h2-3,6,12H,1H3. The quantitative estimate of drug-likeness (QED) is 0.925. The molecule has 0 spiro atoms. The van der Waals surface area contributed by atoms with Crippen LogP contribution in [0.15, 0.2) is 16.3 Å². The van der Waals surface area contributed by atoms with Crippen molar-refractivity contribution in [2.24, 2.45) is 0 Å². The second-order valence-electron chi connectivity index (χ2n) is 2.69. The lowest BCUT2D eigenvalue weighted by Gasteiger charge is -2.04. The molecule has 1 N–H and O–H groups in total. The summed E-state index contributed by atoms with van der Waals surface area (Å²) in [4.78, 5) is 9.82. The molecule has 74 valence electrons. The lowest BCUT2D eigenvalue weighted by Crippen LogP contribution is -1.94. The number of aliphatic hydroxyl groups excluding tert-OH is 1. The van der Waals surface area contributed by atoms with E-state index in [9.17, 15) is 5.11 Å². The van der Waals surface area contributed by atoms with Gasteiger partial charge in [-0.25, -0.2) is 9.97 Å². The second kappa shape index (κ2) is 4.06. The van der Waals surface area contributed by atoms with Gasteiger partial charge in [0.25, 0.3) is 0 Å². The summed E-state index contributed by atoms with van der Waals surface area (Å²) in [7, 11) is 0. The van der Waals surface area contributed by atoms with Gasteiger partial charge in [-0.05, 0) is 22.9 Å². The average molecular weight is 291 g/mol. The number of rotatable bonds is 2. The van der Waals surface area contributed by atoms with Gasteiger partial charge in [-0.15, -0.1) is 22.7 Å². The van der Waals surface area contributed by atoms with Crippen molar-refractivity contribution in [2.75, 3.05) is 0 Å². The SMILES string of the molecule is Cc1ncc(C(O)c2scnc2Br)s1. The Morgan fingerprint density at radius 1 is 1.50 bits per heavy atom. The van der Waals surface area contributed by atoms with Crippen LogP contribution in [0.2, 0.25) is 0 Å². The Labute approximate surface area is 97.6 Å². The molecule has 2 rings (SSSR count). The summed E-state index contributed by atoms with van der Waals surface area (Å²) in [5.41, 5.74) is 1.70. The molecule has 1 unspecified atom stereocenters. The van der Waals surface area contributed by atoms with Crippen LogP contribution in [0, 0.1) is 6.92 Å². The summed E-state index contributed by atoms with van der Waals surface area (Å²) in [5.74, 6) is 0. The van der Waals surface area contributed by atoms with Crippen LogP contribution in [0.5, 0.6) is 0 Å². The van der Waals surface area contributed by atoms with Gasteiger partial charge < -0.3 is 5.11 Å². The zero-order valence-electron chi connectivity index (χ0n) is 7.27. The Balaban J connectivity index is 2.33. The molecule has 14 heavy (non-hydrogen) atoms. The van der Waals surface area contributed by atoms with E-state index < -0.39 is 6.10 Å². The van der Waals surface area contributed by atoms with Crippen LogP contribution < -0.4 is 0 Å². The zero-order valence-corrected chi connectivity index (χ0v) is 10.5. The number of thiazole rings is 2. The normalized spacial score (nSPS) is 13.1. The molecular formula is C8H7BrN2OS2. The molecule has 0 aliphatic carbocycles. The summed E-state index contributed by atoms with van der Waals surface area (Å²) in [6.45, 7) is 1.92. The van der Waals surface area contributed by atoms with Crippen LogP contribution in [0.3, 0.4) is 0 Å². The van der Waals surface area contributed by atoms with E-state index in [-0.39, 0.29) is 0 Å². The van der Waals surface area contributed by atoms with Crippen LogP contribution in [0.25, 0.3) is 0 Å². The highest BCUT2D eigenvalue weighted by molar-refractivity contribution is 9.10. The van der Waals surface area contributed by atoms with E-state index in [1.165, 1.54) is 22.7 Å². The molecule has 6 heteroatoms. The number of halogens is 1. The second-order valence-corrected chi connectivity index (χ2v) is 5.60. The Morgan fingerprint density at radius 2 is 2.29 bits per heavy atom. The third kappa shape index (κ3) is 1.88. The van der Waals surface area contributed by atoms with Crippen molar-refractivity contribution in [3.63, 3.8) is 0 Å². The molecule has 3 nitrogen and oxygen atoms in total. The molecule has 0 saturated carbocycles. The number of aryl methyl sites for hydroxylation is 1. The number of nitrogens with zero attached hydrogens (tertiary/aromatic N) is 2. The molecule has 1 atom stereocenters. The van der Waals surface area contributed by atoms with Gasteiger partial charge in [0, 0.05) is 6.20 Å². The van der Waals surface area contributed by atoms with Gasteiger partial charge in [0.2, 0.25) is 0 Å². The van der Waals surface area contributed by atoms with Gasteiger partial charge in [0.15, 0.2) is 0 Å². The Morgan fingerprint density at radius 3 is 2.79 bits per heavy atom. The average Bonchev–Trinajstić information content (AvgIpc) is 2.73. The zero-order chi connectivity index (χ0) is 10.1. The molecule has 0 aliphatic rings. The summed E-state index contributed by atoms with van der Waals surface area (Å²) < 4.78 is 0.709. The minimum atomic E-state index is -0.608. The van der Waals surface area contributed by atoms with E-state index >= 15 is 0 Å². The fourth-order valence-electron chi connectivity index (χ4n) is 1.05. The third-order valence-corrected chi connectivity index (χ3v) is 4.45. The molecule has 0 aliphatic heterocycles. The van der Waals surface area contributed by atoms with E-state index in [0.29, 0.717) is 4.60 Å². The molecule has 2 heterocycles. The highest BCUT2D eigenvalue weighted by Gasteiger charge is 2.17. The van der Waals surface area contributed by atoms with E-state index in [0.717, 1.165) is 14.8 Å². The van der Waals surface area contributed by atoms with Crippen LogP contribution >= 0.6 is 38.6 Å². The Hall–Kier alpha value is -0.300. The van der Waals surface area contributed by atoms with E-state index in [1.54, 1.807) is 11.7 Å². The topological polar surface area (TPSA) is 46.0 Å². The highest BCUT2D eigenvalue weighted by atomic mass is 79.9. The molecule has 2 aromatic heterocycles. The predicted molar refractivity (Wildman–Crippen MR) is 60.7 cm³/mol. The summed E-state index contributed by atoms with van der Waals surface area (Å²) >= 11 is 6.23. The monoisotopic (exact) mass is 290 g/mol. The first kappa shape index (κ1) is 10.2. The predicted octanol–water partition coefficient (Wildman–Crippen LogP) is 2.75. The van der Waals surface area contributed by atoms with Crippen molar-refractivity contribution in [2.45, 2.75) is 13.0 Å². The fraction of sp³-hybridized carbons (Fsp3) is 0.250. The van der Waals surface area contributed by atoms with Crippen molar-refractivity contribution in [3.05, 3.63) is 31.1 Å². The largest absolute Gasteiger partial charge is 0.382 e. The summed E-state index contributed by atoms with van der Waals surface area (Å²) in [5, 5.41) is 10.9. The first-order valence-corrected chi connectivity index (χ1v) is 6.36. The minimum absolute atomic E-state index is 0.608. The first-order chi connectivity index (χ1) is 6.68. The van der Waals surface area contributed by atoms with Crippen molar-refractivity contribution in [1.29, 1.82) is 0 Å². The van der Waals surface area contributed by atoms with E-state index in [2.05, 4.69) is 25.9 Å². The van der Waals surface area contributed by atoms with Crippen molar-refractivity contribution in [3.8, 4) is 0 Å². The third-order valence-electron chi connectivity index (χ3n) is 1.71. The number of hydrogen-bond donors (Lipinski definition) is 1. The first-order valence-electron chi connectivity index (χ1n) is 3.87.